The van der Waals surface area contributed by atoms with Crippen LogP contribution in [0.5, 0.6) is 0 Å². The van der Waals surface area contributed by atoms with E-state index in [1.54, 1.807) is 19.2 Å². The lowest BCUT2D eigenvalue weighted by molar-refractivity contribution is 0.513. The molecule has 0 amide bonds. The van der Waals surface area contributed by atoms with Gasteiger partial charge in [0.15, 0.2) is 0 Å². The molecule has 0 saturated heterocycles. The van der Waals surface area contributed by atoms with Gasteiger partial charge in [0.05, 0.1) is 4.47 Å². The van der Waals surface area contributed by atoms with Crippen LogP contribution in [-0.4, -0.2) is 7.05 Å². The van der Waals surface area contributed by atoms with Gasteiger partial charge in [0.2, 0.25) is 0 Å². The Hall–Kier alpha value is -1.33. The van der Waals surface area contributed by atoms with Crippen molar-refractivity contribution in [3.8, 4) is 0 Å². The lowest BCUT2D eigenvalue weighted by atomic mass is 9.98. The van der Waals surface area contributed by atoms with Crippen LogP contribution in [-0.2, 0) is 6.42 Å². The summed E-state index contributed by atoms with van der Waals surface area (Å²) >= 11 is 3.08. The monoisotopic (exact) mass is 343 g/mol. The SMILES string of the molecule is CNC(Cc1c(F)cccc1F)c1ccc(Br)c(F)c1. The Labute approximate surface area is 123 Å². The second-order valence-corrected chi connectivity index (χ2v) is 5.27. The molecule has 5 heteroatoms. The number of halogens is 4. The summed E-state index contributed by atoms with van der Waals surface area (Å²) in [5.74, 6) is -1.59. The van der Waals surface area contributed by atoms with Crippen molar-refractivity contribution in [3.05, 3.63) is 69.4 Å². The predicted octanol–water partition coefficient (Wildman–Crippen LogP) is 4.37. The van der Waals surface area contributed by atoms with Gasteiger partial charge in [-0.15, -0.1) is 0 Å². The zero-order chi connectivity index (χ0) is 14.7. The van der Waals surface area contributed by atoms with E-state index in [0.717, 1.165) is 0 Å². The third-order valence-corrected chi connectivity index (χ3v) is 3.81. The van der Waals surface area contributed by atoms with Crippen molar-refractivity contribution in [1.82, 2.24) is 5.32 Å². The maximum atomic E-state index is 13.7. The van der Waals surface area contributed by atoms with Gasteiger partial charge < -0.3 is 5.32 Å². The van der Waals surface area contributed by atoms with Gasteiger partial charge in [-0.2, -0.15) is 0 Å². The van der Waals surface area contributed by atoms with Crippen LogP contribution in [0.25, 0.3) is 0 Å². The van der Waals surface area contributed by atoms with Crippen molar-refractivity contribution in [2.24, 2.45) is 0 Å². The molecule has 1 N–H and O–H groups in total. The van der Waals surface area contributed by atoms with Crippen molar-refractivity contribution >= 4 is 15.9 Å². The first-order valence-corrected chi connectivity index (χ1v) is 6.87. The first-order chi connectivity index (χ1) is 9.52. The van der Waals surface area contributed by atoms with E-state index < -0.39 is 17.5 Å². The fraction of sp³-hybridized carbons (Fsp3) is 0.200. The predicted molar refractivity (Wildman–Crippen MR) is 76.0 cm³/mol. The van der Waals surface area contributed by atoms with Crippen molar-refractivity contribution < 1.29 is 13.2 Å². The lowest BCUT2D eigenvalue weighted by Crippen LogP contribution is -2.20. The smallest absolute Gasteiger partial charge is 0.137 e. The molecule has 0 aliphatic heterocycles. The van der Waals surface area contributed by atoms with Crippen molar-refractivity contribution in [2.75, 3.05) is 7.05 Å². The van der Waals surface area contributed by atoms with E-state index >= 15 is 0 Å². The molecule has 0 saturated carbocycles. The topological polar surface area (TPSA) is 12.0 Å². The van der Waals surface area contributed by atoms with Gasteiger partial charge in [0.25, 0.3) is 0 Å². The third kappa shape index (κ3) is 3.22. The van der Waals surface area contributed by atoms with Crippen LogP contribution in [0.15, 0.2) is 40.9 Å². The van der Waals surface area contributed by atoms with Gasteiger partial charge in [0.1, 0.15) is 17.5 Å². The van der Waals surface area contributed by atoms with Crippen molar-refractivity contribution in [3.63, 3.8) is 0 Å². The Morgan fingerprint density at radius 1 is 1.05 bits per heavy atom. The van der Waals surface area contributed by atoms with E-state index in [1.807, 2.05) is 0 Å². The van der Waals surface area contributed by atoms with Crippen LogP contribution in [0, 0.1) is 17.5 Å². The summed E-state index contributed by atoms with van der Waals surface area (Å²) in [6.07, 6.45) is 0.107. The minimum atomic E-state index is -0.595. The Bertz CT molecular complexity index is 596. The van der Waals surface area contributed by atoms with Crippen LogP contribution >= 0.6 is 15.9 Å². The van der Waals surface area contributed by atoms with E-state index in [9.17, 15) is 13.2 Å². The maximum Gasteiger partial charge on any atom is 0.137 e. The molecule has 2 rings (SSSR count). The summed E-state index contributed by atoms with van der Waals surface area (Å²) in [5, 5.41) is 2.95. The maximum absolute atomic E-state index is 13.7. The quantitative estimate of drug-likeness (QED) is 0.869. The van der Waals surface area contributed by atoms with Crippen LogP contribution in [0.1, 0.15) is 17.2 Å². The second-order valence-electron chi connectivity index (χ2n) is 4.42. The normalized spacial score (nSPS) is 12.4. The van der Waals surface area contributed by atoms with Gasteiger partial charge in [-0.05, 0) is 59.2 Å². The molecule has 0 aromatic heterocycles. The molecular weight excluding hydrogens is 331 g/mol. The number of hydrogen-bond donors (Lipinski definition) is 1. The van der Waals surface area contributed by atoms with E-state index in [0.29, 0.717) is 10.0 Å². The number of benzene rings is 2. The molecule has 20 heavy (non-hydrogen) atoms. The molecule has 0 fully saturated rings. The molecule has 2 aromatic carbocycles. The first-order valence-electron chi connectivity index (χ1n) is 6.08. The van der Waals surface area contributed by atoms with Gasteiger partial charge in [-0.3, -0.25) is 0 Å². The lowest BCUT2D eigenvalue weighted by Gasteiger charge is -2.18. The van der Waals surface area contributed by atoms with Crippen molar-refractivity contribution in [2.45, 2.75) is 12.5 Å². The average molecular weight is 344 g/mol. The Balaban J connectivity index is 2.31. The average Bonchev–Trinajstić information content (AvgIpc) is 2.42. The highest BCUT2D eigenvalue weighted by Crippen LogP contribution is 2.25. The van der Waals surface area contributed by atoms with E-state index in [2.05, 4.69) is 21.2 Å². The Morgan fingerprint density at radius 3 is 2.25 bits per heavy atom. The van der Waals surface area contributed by atoms with E-state index in [4.69, 9.17) is 0 Å². The molecule has 0 radical (unpaired) electrons. The highest BCUT2D eigenvalue weighted by molar-refractivity contribution is 9.10. The first kappa shape index (κ1) is 15.1. The largest absolute Gasteiger partial charge is 0.313 e. The van der Waals surface area contributed by atoms with Crippen LogP contribution in [0.4, 0.5) is 13.2 Å². The molecule has 106 valence electrons. The molecule has 1 atom stereocenters. The number of rotatable bonds is 4. The standard InChI is InChI=1S/C15H13BrF3N/c1-20-15(9-5-6-11(16)14(19)7-9)8-10-12(17)3-2-4-13(10)18/h2-7,15,20H,8H2,1H3. The summed E-state index contributed by atoms with van der Waals surface area (Å²) in [6.45, 7) is 0. The van der Waals surface area contributed by atoms with Gasteiger partial charge >= 0.3 is 0 Å². The highest BCUT2D eigenvalue weighted by Gasteiger charge is 2.17. The van der Waals surface area contributed by atoms with Crippen LogP contribution in [0.2, 0.25) is 0 Å². The number of likely N-dealkylation sites (N-methyl/N-ethyl adjacent to an activating group) is 1. The molecule has 0 bridgehead atoms. The number of nitrogens with one attached hydrogen (secondary N) is 1. The molecule has 0 spiro atoms. The Morgan fingerprint density at radius 2 is 1.70 bits per heavy atom. The summed E-state index contributed by atoms with van der Waals surface area (Å²) in [5.41, 5.74) is 0.631. The fourth-order valence-electron chi connectivity index (χ4n) is 2.05. The molecular formula is C15H13BrF3N. The molecule has 1 nitrogen and oxygen atoms in total. The third-order valence-electron chi connectivity index (χ3n) is 3.16. The zero-order valence-corrected chi connectivity index (χ0v) is 12.3. The van der Waals surface area contributed by atoms with Crippen LogP contribution in [0.3, 0.4) is 0 Å². The molecule has 2 aromatic rings. The molecule has 0 aliphatic rings. The fourth-order valence-corrected chi connectivity index (χ4v) is 2.29. The zero-order valence-electron chi connectivity index (χ0n) is 10.8. The van der Waals surface area contributed by atoms with Gasteiger partial charge in [0, 0.05) is 11.6 Å². The molecule has 0 aliphatic carbocycles. The van der Waals surface area contributed by atoms with Gasteiger partial charge in [-0.1, -0.05) is 12.1 Å². The minimum Gasteiger partial charge on any atom is -0.313 e. The molecule has 1 unspecified atom stereocenters. The summed E-state index contributed by atoms with van der Waals surface area (Å²) in [6, 6.07) is 8.02. The molecule has 0 heterocycles. The minimum absolute atomic E-state index is 0.00447. The summed E-state index contributed by atoms with van der Waals surface area (Å²) in [4.78, 5) is 0. The number of hydrogen-bond acceptors (Lipinski definition) is 1. The Kier molecular flexibility index (Phi) is 4.83. The summed E-state index contributed by atoms with van der Waals surface area (Å²) in [7, 11) is 1.67. The highest BCUT2D eigenvalue weighted by atomic mass is 79.9. The van der Waals surface area contributed by atoms with Crippen LogP contribution < -0.4 is 5.32 Å². The summed E-state index contributed by atoms with van der Waals surface area (Å²) < 4.78 is 41.2. The second kappa shape index (κ2) is 6.41. The van der Waals surface area contributed by atoms with Gasteiger partial charge in [-0.25, -0.2) is 13.2 Å². The van der Waals surface area contributed by atoms with E-state index in [1.165, 1.54) is 24.3 Å². The van der Waals surface area contributed by atoms with Crippen molar-refractivity contribution in [1.29, 1.82) is 0 Å². The van der Waals surface area contributed by atoms with E-state index in [-0.39, 0.29) is 18.0 Å².